The summed E-state index contributed by atoms with van der Waals surface area (Å²) < 4.78 is 45.0. The molecule has 2 N–H and O–H groups in total. The quantitative estimate of drug-likeness (QED) is 0.0916. The molecule has 0 rings (SSSR count). The summed E-state index contributed by atoms with van der Waals surface area (Å²) in [5.41, 5.74) is 0. The SMILES string of the molecule is F[B-](F)(F)F.O=C(O)C(=O)O.O=C=NSSN=C=O.[Li+]. The average molecular weight is 332 g/mol. The van der Waals surface area contributed by atoms with Gasteiger partial charge in [0.1, 0.15) is 0 Å². The van der Waals surface area contributed by atoms with Crippen LogP contribution in [-0.4, -0.2) is 41.6 Å². The Labute approximate surface area is 128 Å². The maximum absolute atomic E-state index is 9.75. The molecular formula is C4H2BF4LiN2O6S2. The summed E-state index contributed by atoms with van der Waals surface area (Å²) in [6.07, 6.45) is 2.51. The number of rotatable bonds is 3. The van der Waals surface area contributed by atoms with Crippen molar-refractivity contribution >= 4 is 53.3 Å². The molecule has 0 aromatic heterocycles. The second-order valence-corrected chi connectivity index (χ2v) is 3.18. The standard InChI is InChI=1S/C2N2O2S2.C2H2O4.BF4.Li/c5-1-3-7-8-4-2-6;3-1(4)2(5)6;2-1(3,4)5;/h;(H,3,4)(H,5,6);;/q;;-1;+1. The number of hydrogen-bond donors (Lipinski definition) is 2. The van der Waals surface area contributed by atoms with Gasteiger partial charge >= 0.3 is 38.1 Å². The largest absolute Gasteiger partial charge is 1.00 e. The molecule has 0 heterocycles. The Morgan fingerprint density at radius 3 is 1.20 bits per heavy atom. The molecule has 108 valence electrons. The molecule has 0 saturated heterocycles. The Hall–Kier alpha value is -1.22. The van der Waals surface area contributed by atoms with E-state index in [0.717, 1.165) is 22.0 Å². The zero-order valence-corrected chi connectivity index (χ0v) is 11.0. The number of carbonyl (C=O) groups excluding carboxylic acids is 2. The van der Waals surface area contributed by atoms with Crippen LogP contribution in [0.2, 0.25) is 0 Å². The molecule has 0 atom stereocenters. The van der Waals surface area contributed by atoms with Crippen molar-refractivity contribution in [2.24, 2.45) is 8.80 Å². The van der Waals surface area contributed by atoms with E-state index in [1.807, 2.05) is 0 Å². The number of nitrogens with zero attached hydrogens (tertiary/aromatic N) is 2. The molecule has 0 aliphatic heterocycles. The summed E-state index contributed by atoms with van der Waals surface area (Å²) in [7, 11) is -4.47. The number of halogens is 4. The number of carbonyl (C=O) groups is 2. The molecule has 0 aliphatic carbocycles. The monoisotopic (exact) mass is 332 g/mol. The van der Waals surface area contributed by atoms with Gasteiger partial charge in [-0.1, -0.05) is 0 Å². The zero-order chi connectivity index (χ0) is 15.9. The van der Waals surface area contributed by atoms with Crippen molar-refractivity contribution < 1.29 is 65.5 Å². The fourth-order valence-electron chi connectivity index (χ4n) is 0.0638. The first kappa shape index (κ1) is 27.2. The van der Waals surface area contributed by atoms with Gasteiger partial charge in [0, 0.05) is 0 Å². The number of carboxylic acid groups (broad SMARTS) is 2. The maximum atomic E-state index is 9.75. The van der Waals surface area contributed by atoms with E-state index < -0.39 is 19.2 Å². The van der Waals surface area contributed by atoms with E-state index in [-0.39, 0.29) is 18.9 Å². The minimum atomic E-state index is -6.00. The van der Waals surface area contributed by atoms with Crippen molar-refractivity contribution in [3.8, 4) is 0 Å². The van der Waals surface area contributed by atoms with Crippen LogP contribution < -0.4 is 18.9 Å². The number of aliphatic carboxylic acids is 2. The van der Waals surface area contributed by atoms with Crippen molar-refractivity contribution in [1.82, 2.24) is 0 Å². The van der Waals surface area contributed by atoms with Crippen LogP contribution in [0.3, 0.4) is 0 Å². The van der Waals surface area contributed by atoms with Gasteiger partial charge in [-0.25, -0.2) is 19.2 Å². The van der Waals surface area contributed by atoms with Crippen LogP contribution in [0, 0.1) is 0 Å². The molecule has 0 saturated carbocycles. The summed E-state index contributed by atoms with van der Waals surface area (Å²) in [6.45, 7) is 0. The second kappa shape index (κ2) is 17.8. The molecule has 16 heteroatoms. The van der Waals surface area contributed by atoms with Crippen molar-refractivity contribution in [1.29, 1.82) is 0 Å². The molecule has 0 aromatic carbocycles. The van der Waals surface area contributed by atoms with Crippen LogP contribution in [0.25, 0.3) is 0 Å². The molecule has 0 aromatic rings. The Morgan fingerprint density at radius 1 is 0.900 bits per heavy atom. The van der Waals surface area contributed by atoms with Gasteiger partial charge in [-0.2, -0.15) is 0 Å². The average Bonchev–Trinajstić information content (AvgIpc) is 2.23. The smallest absolute Gasteiger partial charge is 0.473 e. The van der Waals surface area contributed by atoms with Crippen molar-refractivity contribution in [3.63, 3.8) is 0 Å². The Balaban J connectivity index is -0.0000000966. The summed E-state index contributed by atoms with van der Waals surface area (Å²) in [5.74, 6) is -3.65. The fourth-order valence-corrected chi connectivity index (χ4v) is 0.574. The van der Waals surface area contributed by atoms with E-state index in [0.29, 0.717) is 0 Å². The summed E-state index contributed by atoms with van der Waals surface area (Å²) in [5, 5.41) is 14.8. The molecule has 0 amide bonds. The fraction of sp³-hybridized carbons (Fsp3) is 0. The first-order valence-electron chi connectivity index (χ1n) is 3.37. The Kier molecular flexibility index (Phi) is 24.2. The third-order valence-corrected chi connectivity index (χ3v) is 1.38. The van der Waals surface area contributed by atoms with Gasteiger partial charge < -0.3 is 27.5 Å². The van der Waals surface area contributed by atoms with Crippen molar-refractivity contribution in [2.75, 3.05) is 0 Å². The first-order chi connectivity index (χ1) is 8.56. The Bertz CT molecular complexity index is 350. The van der Waals surface area contributed by atoms with Crippen LogP contribution >= 0.6 is 22.0 Å². The minimum absolute atomic E-state index is 0. The van der Waals surface area contributed by atoms with E-state index in [1.165, 1.54) is 12.2 Å². The minimum Gasteiger partial charge on any atom is -0.473 e. The van der Waals surface area contributed by atoms with E-state index in [1.54, 1.807) is 0 Å². The van der Waals surface area contributed by atoms with Gasteiger partial charge in [-0.15, -0.1) is 8.80 Å². The Morgan fingerprint density at radius 2 is 1.10 bits per heavy atom. The molecule has 0 spiro atoms. The number of isocyanates is 2. The van der Waals surface area contributed by atoms with Gasteiger partial charge in [0.2, 0.25) is 12.2 Å². The molecule has 0 unspecified atom stereocenters. The summed E-state index contributed by atoms with van der Waals surface area (Å²) >= 11 is 0. The second-order valence-electron chi connectivity index (χ2n) is 1.62. The predicted molar refractivity (Wildman–Crippen MR) is 56.9 cm³/mol. The number of carboxylic acids is 2. The topological polar surface area (TPSA) is 133 Å². The zero-order valence-electron chi connectivity index (χ0n) is 9.33. The molecule has 8 nitrogen and oxygen atoms in total. The van der Waals surface area contributed by atoms with E-state index in [4.69, 9.17) is 19.8 Å². The molecule has 0 fully saturated rings. The number of hydrogen-bond acceptors (Lipinski definition) is 8. The van der Waals surface area contributed by atoms with Gasteiger partial charge in [0.05, 0.1) is 22.0 Å². The van der Waals surface area contributed by atoms with E-state index in [9.17, 15) is 26.9 Å². The summed E-state index contributed by atoms with van der Waals surface area (Å²) in [6, 6.07) is 0. The van der Waals surface area contributed by atoms with Crippen LogP contribution in [0.5, 0.6) is 0 Å². The van der Waals surface area contributed by atoms with Crippen LogP contribution in [0.1, 0.15) is 0 Å². The van der Waals surface area contributed by atoms with E-state index in [2.05, 4.69) is 8.80 Å². The third-order valence-electron chi connectivity index (χ3n) is 0.365. The normalized spacial score (nSPS) is 7.80. The van der Waals surface area contributed by atoms with Gasteiger partial charge in [-0.05, 0) is 0 Å². The van der Waals surface area contributed by atoms with Crippen molar-refractivity contribution in [3.05, 3.63) is 0 Å². The van der Waals surface area contributed by atoms with E-state index >= 15 is 0 Å². The van der Waals surface area contributed by atoms with Gasteiger partial charge in [-0.3, -0.25) is 0 Å². The van der Waals surface area contributed by atoms with Crippen molar-refractivity contribution in [2.45, 2.75) is 0 Å². The van der Waals surface area contributed by atoms with Crippen LogP contribution in [0.15, 0.2) is 8.80 Å². The molecule has 0 radical (unpaired) electrons. The maximum Gasteiger partial charge on any atom is 1.00 e. The molecule has 0 bridgehead atoms. The molecule has 20 heavy (non-hydrogen) atoms. The summed E-state index contributed by atoms with van der Waals surface area (Å²) in [4.78, 5) is 36.8. The molecular weight excluding hydrogens is 330 g/mol. The third kappa shape index (κ3) is 69.0. The molecule has 0 aliphatic rings. The first-order valence-corrected chi connectivity index (χ1v) is 5.43. The van der Waals surface area contributed by atoms with Gasteiger partial charge in [0.25, 0.3) is 0 Å². The van der Waals surface area contributed by atoms with Gasteiger partial charge in [0.15, 0.2) is 0 Å². The van der Waals surface area contributed by atoms with Crippen LogP contribution in [0.4, 0.5) is 17.3 Å². The predicted octanol–water partition coefficient (Wildman–Crippen LogP) is -1.67. The van der Waals surface area contributed by atoms with Crippen LogP contribution in [-0.2, 0) is 19.2 Å².